The highest BCUT2D eigenvalue weighted by atomic mass is 16.1. The van der Waals surface area contributed by atoms with Crippen LogP contribution in [0, 0.1) is 0 Å². The average Bonchev–Trinajstić information content (AvgIpc) is 2.91. The fourth-order valence-corrected chi connectivity index (χ4v) is 1.69. The minimum atomic E-state index is -0.191. The van der Waals surface area contributed by atoms with Crippen molar-refractivity contribution in [3.63, 3.8) is 0 Å². The van der Waals surface area contributed by atoms with E-state index in [9.17, 15) is 4.79 Å². The molecule has 0 spiro atoms. The molecule has 0 fully saturated rings. The molecule has 0 aliphatic carbocycles. The molecule has 0 aliphatic heterocycles. The third-order valence-electron chi connectivity index (χ3n) is 2.60. The van der Waals surface area contributed by atoms with Crippen LogP contribution in [0.4, 0.5) is 5.69 Å². The number of aryl methyl sites for hydroxylation is 1. The lowest BCUT2D eigenvalue weighted by Gasteiger charge is -2.06. The van der Waals surface area contributed by atoms with E-state index in [4.69, 9.17) is 5.73 Å². The van der Waals surface area contributed by atoms with Crippen molar-refractivity contribution in [2.24, 2.45) is 5.73 Å². The number of nitrogens with one attached hydrogen (secondary N) is 2. The van der Waals surface area contributed by atoms with Gasteiger partial charge in [-0.1, -0.05) is 12.1 Å². The summed E-state index contributed by atoms with van der Waals surface area (Å²) in [5.74, 6) is -0.191. The van der Waals surface area contributed by atoms with E-state index in [1.54, 1.807) is 12.3 Å². The molecule has 5 heteroatoms. The van der Waals surface area contributed by atoms with E-state index in [2.05, 4.69) is 15.5 Å². The zero-order valence-corrected chi connectivity index (χ0v) is 10.0. The number of carbonyl (C=O) groups excluding carboxylic acids is 1. The minimum Gasteiger partial charge on any atom is -0.330 e. The first-order valence-electron chi connectivity index (χ1n) is 5.89. The monoisotopic (exact) mass is 244 g/mol. The molecule has 5 nitrogen and oxygen atoms in total. The Hall–Kier alpha value is -2.14. The van der Waals surface area contributed by atoms with Crippen molar-refractivity contribution in [2.45, 2.75) is 12.8 Å². The van der Waals surface area contributed by atoms with Gasteiger partial charge >= 0.3 is 0 Å². The van der Waals surface area contributed by atoms with Crippen LogP contribution in [0.15, 0.2) is 36.5 Å². The number of rotatable bonds is 5. The van der Waals surface area contributed by atoms with E-state index in [0.29, 0.717) is 12.2 Å². The first-order valence-corrected chi connectivity index (χ1v) is 5.89. The van der Waals surface area contributed by atoms with Gasteiger partial charge < -0.3 is 11.1 Å². The fourth-order valence-electron chi connectivity index (χ4n) is 1.69. The highest BCUT2D eigenvalue weighted by Crippen LogP contribution is 2.13. The molecule has 0 unspecified atom stereocenters. The van der Waals surface area contributed by atoms with Gasteiger partial charge in [-0.25, -0.2) is 0 Å². The van der Waals surface area contributed by atoms with E-state index >= 15 is 0 Å². The fraction of sp³-hybridized carbons (Fsp3) is 0.231. The van der Waals surface area contributed by atoms with Crippen molar-refractivity contribution < 1.29 is 4.79 Å². The van der Waals surface area contributed by atoms with Crippen LogP contribution in [0.5, 0.6) is 0 Å². The number of nitrogens with zero attached hydrogens (tertiary/aromatic N) is 1. The summed E-state index contributed by atoms with van der Waals surface area (Å²) in [6, 6.07) is 9.41. The summed E-state index contributed by atoms with van der Waals surface area (Å²) >= 11 is 0. The van der Waals surface area contributed by atoms with Crippen molar-refractivity contribution >= 4 is 11.6 Å². The summed E-state index contributed by atoms with van der Waals surface area (Å²) in [4.78, 5) is 11.8. The molecule has 18 heavy (non-hydrogen) atoms. The summed E-state index contributed by atoms with van der Waals surface area (Å²) in [5, 5.41) is 9.19. The van der Waals surface area contributed by atoms with E-state index in [0.717, 1.165) is 18.5 Å². The van der Waals surface area contributed by atoms with Crippen LogP contribution in [0.2, 0.25) is 0 Å². The van der Waals surface area contributed by atoms with Crippen LogP contribution in [0.25, 0.3) is 0 Å². The Balaban J connectivity index is 2.03. The number of H-pyrrole nitrogens is 1. The van der Waals surface area contributed by atoms with Crippen LogP contribution in [-0.2, 0) is 6.42 Å². The highest BCUT2D eigenvalue weighted by Gasteiger charge is 2.06. The van der Waals surface area contributed by atoms with Crippen molar-refractivity contribution in [3.05, 3.63) is 47.8 Å². The van der Waals surface area contributed by atoms with E-state index in [-0.39, 0.29) is 5.91 Å². The number of aromatic amines is 1. The number of nitrogens with two attached hydrogens (primary N) is 1. The van der Waals surface area contributed by atoms with Crippen LogP contribution in [-0.4, -0.2) is 22.6 Å². The predicted molar refractivity (Wildman–Crippen MR) is 70.4 cm³/mol. The summed E-state index contributed by atoms with van der Waals surface area (Å²) in [6.45, 7) is 0.671. The first-order chi connectivity index (χ1) is 8.79. The molecule has 94 valence electrons. The van der Waals surface area contributed by atoms with Gasteiger partial charge in [0.25, 0.3) is 5.91 Å². The normalized spacial score (nSPS) is 10.3. The van der Waals surface area contributed by atoms with Gasteiger partial charge in [-0.3, -0.25) is 9.89 Å². The number of anilines is 1. The van der Waals surface area contributed by atoms with Crippen molar-refractivity contribution in [1.29, 1.82) is 0 Å². The molecule has 1 aromatic heterocycles. The van der Waals surface area contributed by atoms with Crippen molar-refractivity contribution in [1.82, 2.24) is 10.2 Å². The van der Waals surface area contributed by atoms with Gasteiger partial charge in [0, 0.05) is 11.9 Å². The molecule has 1 heterocycles. The summed E-state index contributed by atoms with van der Waals surface area (Å²) in [7, 11) is 0. The molecule has 0 saturated carbocycles. The van der Waals surface area contributed by atoms with Gasteiger partial charge in [0.05, 0.1) is 0 Å². The lowest BCUT2D eigenvalue weighted by Crippen LogP contribution is -2.12. The molecule has 4 N–H and O–H groups in total. The zero-order chi connectivity index (χ0) is 12.8. The van der Waals surface area contributed by atoms with Crippen molar-refractivity contribution in [3.8, 4) is 0 Å². The van der Waals surface area contributed by atoms with Gasteiger partial charge in [0.1, 0.15) is 5.69 Å². The third kappa shape index (κ3) is 3.18. The van der Waals surface area contributed by atoms with Crippen LogP contribution >= 0.6 is 0 Å². The molecule has 0 radical (unpaired) electrons. The second kappa shape index (κ2) is 5.97. The Labute approximate surface area is 105 Å². The number of hydrogen-bond donors (Lipinski definition) is 3. The molecule has 0 atom stereocenters. The standard InChI is InChI=1S/C13H16N4O/c14-7-2-4-10-3-1-5-11(9-10)16-13(18)12-6-8-15-17-12/h1,3,5-6,8-9H,2,4,7,14H2,(H,15,17)(H,16,18). The van der Waals surface area contributed by atoms with Gasteiger partial charge in [-0.15, -0.1) is 0 Å². The second-order valence-corrected chi connectivity index (χ2v) is 4.02. The van der Waals surface area contributed by atoms with Gasteiger partial charge in [0.15, 0.2) is 0 Å². The molecular formula is C13H16N4O. The highest BCUT2D eigenvalue weighted by molar-refractivity contribution is 6.02. The Morgan fingerprint density at radius 2 is 2.28 bits per heavy atom. The largest absolute Gasteiger partial charge is 0.330 e. The maximum atomic E-state index is 11.8. The number of aromatic nitrogens is 2. The molecule has 0 bridgehead atoms. The van der Waals surface area contributed by atoms with Gasteiger partial charge in [-0.2, -0.15) is 5.10 Å². The van der Waals surface area contributed by atoms with Gasteiger partial charge in [-0.05, 0) is 43.1 Å². The summed E-state index contributed by atoms with van der Waals surface area (Å²) < 4.78 is 0. The topological polar surface area (TPSA) is 83.8 Å². The number of carbonyl (C=O) groups is 1. The quantitative estimate of drug-likeness (QED) is 0.746. The first kappa shape index (κ1) is 12.3. The third-order valence-corrected chi connectivity index (χ3v) is 2.60. The van der Waals surface area contributed by atoms with Gasteiger partial charge in [0.2, 0.25) is 0 Å². The maximum absolute atomic E-state index is 11.8. The molecule has 2 rings (SSSR count). The number of amides is 1. The lowest BCUT2D eigenvalue weighted by atomic mass is 10.1. The summed E-state index contributed by atoms with van der Waals surface area (Å²) in [5.41, 5.74) is 7.88. The number of benzene rings is 1. The van der Waals surface area contributed by atoms with E-state index < -0.39 is 0 Å². The Kier molecular flexibility index (Phi) is 4.09. The smallest absolute Gasteiger partial charge is 0.273 e. The maximum Gasteiger partial charge on any atom is 0.273 e. The van der Waals surface area contributed by atoms with E-state index in [1.165, 1.54) is 5.56 Å². The van der Waals surface area contributed by atoms with E-state index in [1.807, 2.05) is 24.3 Å². The SMILES string of the molecule is NCCCc1cccc(NC(=O)c2ccn[nH]2)c1. The average molecular weight is 244 g/mol. The second-order valence-electron chi connectivity index (χ2n) is 4.02. The molecule has 1 amide bonds. The minimum absolute atomic E-state index is 0.191. The lowest BCUT2D eigenvalue weighted by molar-refractivity contribution is 0.102. The molecule has 0 saturated heterocycles. The van der Waals surface area contributed by atoms with Crippen molar-refractivity contribution in [2.75, 3.05) is 11.9 Å². The molecule has 2 aromatic rings. The number of hydrogen-bond acceptors (Lipinski definition) is 3. The van der Waals surface area contributed by atoms with Crippen LogP contribution in [0.3, 0.4) is 0 Å². The zero-order valence-electron chi connectivity index (χ0n) is 10.0. The Morgan fingerprint density at radius 3 is 3.00 bits per heavy atom. The summed E-state index contributed by atoms with van der Waals surface area (Å²) in [6.07, 6.45) is 3.41. The molecule has 1 aromatic carbocycles. The molecular weight excluding hydrogens is 228 g/mol. The van der Waals surface area contributed by atoms with Crippen LogP contribution in [0.1, 0.15) is 22.5 Å². The molecule has 0 aliphatic rings. The Morgan fingerprint density at radius 1 is 1.39 bits per heavy atom. The Bertz CT molecular complexity index is 507. The predicted octanol–water partition coefficient (Wildman–Crippen LogP) is 1.55. The van der Waals surface area contributed by atoms with Crippen LogP contribution < -0.4 is 11.1 Å².